The molecule has 0 fully saturated rings. The first-order chi connectivity index (χ1) is 6.62. The number of hydrogen-bond donors (Lipinski definition) is 0. The fraction of sp³-hybridized carbons (Fsp3) is 0.556. The molecule has 0 saturated heterocycles. The van der Waals surface area contributed by atoms with Crippen molar-refractivity contribution in [3.8, 4) is 0 Å². The first-order valence-corrected chi connectivity index (χ1v) is 4.17. The average Bonchev–Trinajstić information content (AvgIpc) is 2.00. The molecule has 0 amide bonds. The van der Waals surface area contributed by atoms with E-state index in [-0.39, 0.29) is 24.5 Å². The molecule has 1 aliphatic carbocycles. The van der Waals surface area contributed by atoms with E-state index in [4.69, 9.17) is 0 Å². The molecule has 0 saturated carbocycles. The molecule has 0 bridgehead atoms. The van der Waals surface area contributed by atoms with Crippen molar-refractivity contribution in [2.45, 2.75) is 32.1 Å². The van der Waals surface area contributed by atoms with Gasteiger partial charge in [0.15, 0.2) is 0 Å². The molecule has 15 heavy (non-hydrogen) atoms. The van der Waals surface area contributed by atoms with Crippen molar-refractivity contribution in [1.82, 2.24) is 0 Å². The van der Waals surface area contributed by atoms with Crippen molar-refractivity contribution in [1.29, 1.82) is 0 Å². The van der Waals surface area contributed by atoms with E-state index >= 15 is 0 Å². The lowest BCUT2D eigenvalue weighted by molar-refractivity contribution is -0.0991. The van der Waals surface area contributed by atoms with Gasteiger partial charge in [0.05, 0.1) is 5.57 Å². The molecule has 0 aromatic heterocycles. The van der Waals surface area contributed by atoms with E-state index in [2.05, 4.69) is 0 Å². The quantitative estimate of drug-likeness (QED) is 0.548. The molecular weight excluding hydrogens is 222 g/mol. The zero-order valence-electron chi connectivity index (χ0n) is 7.76. The van der Waals surface area contributed by atoms with E-state index in [1.165, 1.54) is 6.92 Å². The molecule has 0 N–H and O–H groups in total. The van der Waals surface area contributed by atoms with Gasteiger partial charge in [-0.2, -0.15) is 26.3 Å². The van der Waals surface area contributed by atoms with E-state index in [0.717, 1.165) is 0 Å². The van der Waals surface area contributed by atoms with E-state index in [9.17, 15) is 26.3 Å². The largest absolute Gasteiger partial charge is 0.416 e. The summed E-state index contributed by atoms with van der Waals surface area (Å²) >= 11 is 0. The second-order valence-corrected chi connectivity index (χ2v) is 3.36. The van der Waals surface area contributed by atoms with Crippen LogP contribution in [-0.2, 0) is 0 Å². The van der Waals surface area contributed by atoms with Crippen LogP contribution in [0.25, 0.3) is 0 Å². The molecule has 0 aromatic rings. The third kappa shape index (κ3) is 2.76. The molecule has 86 valence electrons. The van der Waals surface area contributed by atoms with E-state index in [1.807, 2.05) is 0 Å². The highest BCUT2D eigenvalue weighted by atomic mass is 19.4. The summed E-state index contributed by atoms with van der Waals surface area (Å²) < 4.78 is 73.4. The number of alkyl halides is 6. The topological polar surface area (TPSA) is 0 Å². The summed E-state index contributed by atoms with van der Waals surface area (Å²) in [5.74, 6) is 0. The van der Waals surface area contributed by atoms with Gasteiger partial charge in [0.25, 0.3) is 0 Å². The summed E-state index contributed by atoms with van der Waals surface area (Å²) in [6, 6.07) is 0. The van der Waals surface area contributed by atoms with Crippen LogP contribution >= 0.6 is 0 Å². The second-order valence-electron chi connectivity index (χ2n) is 3.36. The van der Waals surface area contributed by atoms with Gasteiger partial charge < -0.3 is 0 Å². The van der Waals surface area contributed by atoms with Crippen LogP contribution in [0, 0.1) is 0 Å². The first kappa shape index (κ1) is 12.1. The maximum Gasteiger partial charge on any atom is 0.416 e. The van der Waals surface area contributed by atoms with Crippen LogP contribution in [0.3, 0.4) is 0 Å². The highest BCUT2D eigenvalue weighted by Gasteiger charge is 2.40. The molecule has 0 atom stereocenters. The van der Waals surface area contributed by atoms with Crippen LogP contribution in [0.2, 0.25) is 0 Å². The van der Waals surface area contributed by atoms with E-state index < -0.39 is 23.5 Å². The fourth-order valence-corrected chi connectivity index (χ4v) is 1.37. The molecule has 6 heteroatoms. The van der Waals surface area contributed by atoms with Gasteiger partial charge in [0.1, 0.15) is 0 Å². The number of halogens is 6. The normalized spacial score (nSPS) is 19.3. The molecule has 0 aromatic carbocycles. The monoisotopic (exact) mass is 230 g/mol. The highest BCUT2D eigenvalue weighted by molar-refractivity contribution is 5.37. The summed E-state index contributed by atoms with van der Waals surface area (Å²) in [5.41, 5.74) is -2.32. The van der Waals surface area contributed by atoms with Gasteiger partial charge >= 0.3 is 12.4 Å². The van der Waals surface area contributed by atoms with Gasteiger partial charge in [-0.3, -0.25) is 0 Å². The predicted octanol–water partition coefficient (Wildman–Crippen LogP) is 4.15. The van der Waals surface area contributed by atoms with Crippen LogP contribution in [-0.4, -0.2) is 12.4 Å². The highest BCUT2D eigenvalue weighted by Crippen LogP contribution is 2.40. The van der Waals surface area contributed by atoms with Crippen molar-refractivity contribution in [3.63, 3.8) is 0 Å². The Balaban J connectivity index is 3.11. The van der Waals surface area contributed by atoms with Gasteiger partial charge in [-0.25, -0.2) is 0 Å². The molecule has 0 spiro atoms. The zero-order valence-corrected chi connectivity index (χ0v) is 7.76. The lowest BCUT2D eigenvalue weighted by atomic mass is 9.92. The SMILES string of the molecule is CC1=C(C(F)(F)F)C=C(C(F)(F)F)CC1. The van der Waals surface area contributed by atoms with Gasteiger partial charge in [0, 0.05) is 5.57 Å². The van der Waals surface area contributed by atoms with Crippen molar-refractivity contribution >= 4 is 0 Å². The molecular formula is C9H8F6. The lowest BCUT2D eigenvalue weighted by Crippen LogP contribution is -2.20. The van der Waals surface area contributed by atoms with Crippen LogP contribution in [0.15, 0.2) is 22.8 Å². The van der Waals surface area contributed by atoms with Gasteiger partial charge in [-0.1, -0.05) is 5.57 Å². The fourth-order valence-electron chi connectivity index (χ4n) is 1.37. The van der Waals surface area contributed by atoms with Crippen LogP contribution in [0.5, 0.6) is 0 Å². The summed E-state index contributed by atoms with van der Waals surface area (Å²) in [5, 5.41) is 0. The number of hydrogen-bond acceptors (Lipinski definition) is 0. The summed E-state index contributed by atoms with van der Waals surface area (Å²) in [6.45, 7) is 1.20. The van der Waals surface area contributed by atoms with E-state index in [1.54, 1.807) is 0 Å². The minimum atomic E-state index is -4.71. The lowest BCUT2D eigenvalue weighted by Gasteiger charge is -2.21. The van der Waals surface area contributed by atoms with Gasteiger partial charge in [-0.15, -0.1) is 0 Å². The molecule has 0 heterocycles. The Morgan fingerprint density at radius 2 is 1.47 bits per heavy atom. The zero-order chi connectivity index (χ0) is 11.9. The first-order valence-electron chi connectivity index (χ1n) is 4.17. The van der Waals surface area contributed by atoms with Crippen molar-refractivity contribution in [2.75, 3.05) is 0 Å². The summed E-state index contributed by atoms with van der Waals surface area (Å²) in [6.07, 6.45) is -9.74. The Morgan fingerprint density at radius 1 is 0.933 bits per heavy atom. The Morgan fingerprint density at radius 3 is 1.87 bits per heavy atom. The molecule has 0 radical (unpaired) electrons. The van der Waals surface area contributed by atoms with Crippen LogP contribution < -0.4 is 0 Å². The van der Waals surface area contributed by atoms with Crippen LogP contribution in [0.1, 0.15) is 19.8 Å². The minimum absolute atomic E-state index is 0.0458. The number of allylic oxidation sites excluding steroid dienone is 4. The maximum atomic E-state index is 12.3. The Kier molecular flexibility index (Phi) is 2.89. The smallest absolute Gasteiger partial charge is 0.166 e. The minimum Gasteiger partial charge on any atom is -0.166 e. The second kappa shape index (κ2) is 3.57. The van der Waals surface area contributed by atoms with Crippen LogP contribution in [0.4, 0.5) is 26.3 Å². The summed E-state index contributed by atoms with van der Waals surface area (Å²) in [4.78, 5) is 0. The van der Waals surface area contributed by atoms with Gasteiger partial charge in [-0.05, 0) is 25.8 Å². The standard InChI is InChI=1S/C9H8F6/c1-5-2-3-6(8(10,11)12)4-7(5)9(13,14)15/h4H,2-3H2,1H3. The maximum absolute atomic E-state index is 12.3. The summed E-state index contributed by atoms with van der Waals surface area (Å²) in [7, 11) is 0. The molecule has 0 unspecified atom stereocenters. The Bertz CT molecular complexity index is 314. The van der Waals surface area contributed by atoms with Crippen molar-refractivity contribution in [3.05, 3.63) is 22.8 Å². The Hall–Kier alpha value is -0.940. The number of rotatable bonds is 0. The predicted molar refractivity (Wildman–Crippen MR) is 42.1 cm³/mol. The van der Waals surface area contributed by atoms with E-state index in [0.29, 0.717) is 0 Å². The third-order valence-corrected chi connectivity index (χ3v) is 2.22. The molecule has 0 nitrogen and oxygen atoms in total. The molecule has 0 aliphatic heterocycles. The van der Waals surface area contributed by atoms with Gasteiger partial charge in [0.2, 0.25) is 0 Å². The molecule has 1 aliphatic rings. The molecule has 1 rings (SSSR count). The van der Waals surface area contributed by atoms with Crippen molar-refractivity contribution < 1.29 is 26.3 Å². The van der Waals surface area contributed by atoms with Crippen molar-refractivity contribution in [2.24, 2.45) is 0 Å². The third-order valence-electron chi connectivity index (χ3n) is 2.22. The Labute approximate surface area is 82.3 Å². The average molecular weight is 230 g/mol.